The van der Waals surface area contributed by atoms with Gasteiger partial charge in [0.1, 0.15) is 0 Å². The summed E-state index contributed by atoms with van der Waals surface area (Å²) >= 11 is 0. The maximum atomic E-state index is 5.88. The van der Waals surface area contributed by atoms with E-state index in [1.165, 1.54) is 58.3 Å². The maximum absolute atomic E-state index is 5.88. The molecule has 3 nitrogen and oxygen atoms in total. The van der Waals surface area contributed by atoms with Crippen LogP contribution in [0.1, 0.15) is 46.0 Å². The number of nitrogens with two attached hydrogens (primary N) is 1. The van der Waals surface area contributed by atoms with E-state index in [1.807, 2.05) is 0 Å². The smallest absolute Gasteiger partial charge is 0.0111 e. The zero-order valence-electron chi connectivity index (χ0n) is 12.3. The van der Waals surface area contributed by atoms with Crippen molar-refractivity contribution in [1.82, 2.24) is 9.80 Å². The number of piperidine rings is 1. The standard InChI is InChI=1S/C15H31N3/c1-3-17-9-4-5-15(8-10-17)18-12-14(11-16)7-6-13(18)2/h13-15H,3-12,16H2,1-2H3. The molecule has 3 unspecified atom stereocenters. The molecule has 0 amide bonds. The van der Waals surface area contributed by atoms with E-state index < -0.39 is 0 Å². The average Bonchev–Trinajstić information content (AvgIpc) is 2.64. The third-order valence-electron chi connectivity index (χ3n) is 5.07. The molecule has 0 radical (unpaired) electrons. The molecule has 0 aromatic carbocycles. The fourth-order valence-corrected chi connectivity index (χ4v) is 3.70. The van der Waals surface area contributed by atoms with Crippen LogP contribution in [0.25, 0.3) is 0 Å². The Morgan fingerprint density at radius 1 is 1.11 bits per heavy atom. The number of nitrogens with zero attached hydrogens (tertiary/aromatic N) is 2. The molecule has 0 spiro atoms. The van der Waals surface area contributed by atoms with Crippen LogP contribution in [0.15, 0.2) is 0 Å². The topological polar surface area (TPSA) is 32.5 Å². The van der Waals surface area contributed by atoms with Crippen molar-refractivity contribution < 1.29 is 0 Å². The Balaban J connectivity index is 1.92. The van der Waals surface area contributed by atoms with E-state index in [0.29, 0.717) is 0 Å². The minimum atomic E-state index is 0.742. The molecular weight excluding hydrogens is 222 g/mol. The Morgan fingerprint density at radius 3 is 2.67 bits per heavy atom. The van der Waals surface area contributed by atoms with Gasteiger partial charge < -0.3 is 10.6 Å². The number of hydrogen-bond acceptors (Lipinski definition) is 3. The molecule has 2 fully saturated rings. The number of likely N-dealkylation sites (tertiary alicyclic amines) is 2. The summed E-state index contributed by atoms with van der Waals surface area (Å²) in [4.78, 5) is 5.38. The molecule has 106 valence electrons. The Bertz CT molecular complexity index is 244. The van der Waals surface area contributed by atoms with Crippen molar-refractivity contribution in [2.24, 2.45) is 11.7 Å². The van der Waals surface area contributed by atoms with Crippen LogP contribution in [0.5, 0.6) is 0 Å². The fraction of sp³-hybridized carbons (Fsp3) is 1.00. The van der Waals surface area contributed by atoms with Crippen molar-refractivity contribution in [3.05, 3.63) is 0 Å². The van der Waals surface area contributed by atoms with Gasteiger partial charge in [-0.1, -0.05) is 6.92 Å². The Labute approximate surface area is 113 Å². The van der Waals surface area contributed by atoms with Gasteiger partial charge in [-0.25, -0.2) is 0 Å². The van der Waals surface area contributed by atoms with Crippen LogP contribution >= 0.6 is 0 Å². The molecule has 0 aromatic rings. The van der Waals surface area contributed by atoms with Gasteiger partial charge in [-0.3, -0.25) is 4.90 Å². The third-order valence-corrected chi connectivity index (χ3v) is 5.07. The summed E-state index contributed by atoms with van der Waals surface area (Å²) in [6, 6.07) is 1.58. The highest BCUT2D eigenvalue weighted by molar-refractivity contribution is 4.86. The molecule has 0 bridgehead atoms. The summed E-state index contributed by atoms with van der Waals surface area (Å²) in [5, 5.41) is 0. The highest BCUT2D eigenvalue weighted by Gasteiger charge is 2.30. The lowest BCUT2D eigenvalue weighted by atomic mass is 9.90. The van der Waals surface area contributed by atoms with Crippen LogP contribution < -0.4 is 5.73 Å². The van der Waals surface area contributed by atoms with Crippen molar-refractivity contribution in [3.63, 3.8) is 0 Å². The summed E-state index contributed by atoms with van der Waals surface area (Å²) in [5.74, 6) is 0.742. The van der Waals surface area contributed by atoms with Crippen molar-refractivity contribution in [2.75, 3.05) is 32.7 Å². The first-order valence-corrected chi connectivity index (χ1v) is 7.92. The molecular formula is C15H31N3. The second-order valence-corrected chi connectivity index (χ2v) is 6.24. The number of rotatable bonds is 3. The largest absolute Gasteiger partial charge is 0.330 e. The molecule has 3 atom stereocenters. The monoisotopic (exact) mass is 253 g/mol. The molecule has 0 aromatic heterocycles. The zero-order chi connectivity index (χ0) is 13.0. The maximum Gasteiger partial charge on any atom is 0.0111 e. The highest BCUT2D eigenvalue weighted by atomic mass is 15.2. The summed E-state index contributed by atoms with van der Waals surface area (Å²) < 4.78 is 0. The fourth-order valence-electron chi connectivity index (χ4n) is 3.70. The van der Waals surface area contributed by atoms with Crippen LogP contribution in [0.4, 0.5) is 0 Å². The molecule has 2 N–H and O–H groups in total. The predicted molar refractivity (Wildman–Crippen MR) is 77.7 cm³/mol. The predicted octanol–water partition coefficient (Wildman–Crippen LogP) is 1.92. The third kappa shape index (κ3) is 3.46. The quantitative estimate of drug-likeness (QED) is 0.834. The van der Waals surface area contributed by atoms with E-state index >= 15 is 0 Å². The van der Waals surface area contributed by atoms with Crippen molar-refractivity contribution in [2.45, 2.75) is 58.0 Å². The molecule has 2 aliphatic rings. The molecule has 2 aliphatic heterocycles. The van der Waals surface area contributed by atoms with E-state index in [-0.39, 0.29) is 0 Å². The molecule has 0 saturated carbocycles. The normalized spacial score (nSPS) is 36.5. The van der Waals surface area contributed by atoms with Gasteiger partial charge in [-0.05, 0) is 71.1 Å². The first-order valence-electron chi connectivity index (χ1n) is 7.92. The van der Waals surface area contributed by atoms with Gasteiger partial charge in [0.05, 0.1) is 0 Å². The first-order chi connectivity index (χ1) is 8.74. The molecule has 2 saturated heterocycles. The minimum absolute atomic E-state index is 0.742. The van der Waals surface area contributed by atoms with E-state index in [1.54, 1.807) is 0 Å². The van der Waals surface area contributed by atoms with Crippen molar-refractivity contribution in [1.29, 1.82) is 0 Å². The van der Waals surface area contributed by atoms with Gasteiger partial charge in [0.2, 0.25) is 0 Å². The van der Waals surface area contributed by atoms with Crippen molar-refractivity contribution in [3.8, 4) is 0 Å². The highest BCUT2D eigenvalue weighted by Crippen LogP contribution is 2.27. The van der Waals surface area contributed by atoms with Gasteiger partial charge in [-0.2, -0.15) is 0 Å². The van der Waals surface area contributed by atoms with Crippen LogP contribution in [0.3, 0.4) is 0 Å². The molecule has 18 heavy (non-hydrogen) atoms. The van der Waals surface area contributed by atoms with Gasteiger partial charge >= 0.3 is 0 Å². The lowest BCUT2D eigenvalue weighted by molar-refractivity contribution is 0.0663. The Hall–Kier alpha value is -0.120. The lowest BCUT2D eigenvalue weighted by Gasteiger charge is -2.42. The van der Waals surface area contributed by atoms with Gasteiger partial charge in [0.25, 0.3) is 0 Å². The second-order valence-electron chi connectivity index (χ2n) is 6.24. The van der Waals surface area contributed by atoms with E-state index in [0.717, 1.165) is 24.5 Å². The molecule has 2 heterocycles. The van der Waals surface area contributed by atoms with E-state index in [2.05, 4.69) is 23.6 Å². The van der Waals surface area contributed by atoms with Crippen LogP contribution in [0.2, 0.25) is 0 Å². The van der Waals surface area contributed by atoms with Gasteiger partial charge in [-0.15, -0.1) is 0 Å². The van der Waals surface area contributed by atoms with Gasteiger partial charge in [0, 0.05) is 18.6 Å². The first kappa shape index (κ1) is 14.3. The zero-order valence-corrected chi connectivity index (χ0v) is 12.3. The second kappa shape index (κ2) is 6.88. The summed E-state index contributed by atoms with van der Waals surface area (Å²) in [7, 11) is 0. The average molecular weight is 253 g/mol. The molecule has 2 rings (SSSR count). The Morgan fingerprint density at radius 2 is 1.94 bits per heavy atom. The van der Waals surface area contributed by atoms with Crippen LogP contribution in [-0.2, 0) is 0 Å². The lowest BCUT2D eigenvalue weighted by Crippen LogP contribution is -2.49. The SMILES string of the molecule is CCN1CCCC(N2CC(CN)CCC2C)CC1. The van der Waals surface area contributed by atoms with Crippen LogP contribution in [0, 0.1) is 5.92 Å². The number of hydrogen-bond donors (Lipinski definition) is 1. The Kier molecular flexibility index (Phi) is 5.46. The van der Waals surface area contributed by atoms with Gasteiger partial charge in [0.15, 0.2) is 0 Å². The minimum Gasteiger partial charge on any atom is -0.330 e. The summed E-state index contributed by atoms with van der Waals surface area (Å²) in [6.07, 6.45) is 6.79. The summed E-state index contributed by atoms with van der Waals surface area (Å²) in [6.45, 7) is 10.6. The van der Waals surface area contributed by atoms with E-state index in [9.17, 15) is 0 Å². The van der Waals surface area contributed by atoms with Crippen LogP contribution in [-0.4, -0.2) is 54.6 Å². The van der Waals surface area contributed by atoms with Crippen molar-refractivity contribution >= 4 is 0 Å². The summed E-state index contributed by atoms with van der Waals surface area (Å²) in [5.41, 5.74) is 5.88. The molecule has 3 heteroatoms. The van der Waals surface area contributed by atoms with E-state index in [4.69, 9.17) is 5.73 Å². The molecule has 0 aliphatic carbocycles.